The lowest BCUT2D eigenvalue weighted by Crippen LogP contribution is -2.18. The number of fused-ring (bicyclic) bond motifs is 2. The Labute approximate surface area is 164 Å². The molecular weight excluding hydrogens is 352 g/mol. The van der Waals surface area contributed by atoms with E-state index >= 15 is 0 Å². The van der Waals surface area contributed by atoms with Crippen molar-refractivity contribution in [3.8, 4) is 0 Å². The molecule has 2 heterocycles. The molecule has 1 aliphatic rings. The highest BCUT2D eigenvalue weighted by molar-refractivity contribution is 5.93. The van der Waals surface area contributed by atoms with E-state index in [4.69, 9.17) is 9.47 Å². The van der Waals surface area contributed by atoms with Gasteiger partial charge in [0.05, 0.1) is 13.2 Å². The molecule has 142 valence electrons. The van der Waals surface area contributed by atoms with E-state index < -0.39 is 6.29 Å². The van der Waals surface area contributed by atoms with Crippen LogP contribution in [0.15, 0.2) is 60.8 Å². The maximum atomic E-state index is 12.0. The molecule has 1 aromatic heterocycles. The first kappa shape index (κ1) is 18.3. The average molecular weight is 374 g/mol. The molecule has 28 heavy (non-hydrogen) atoms. The summed E-state index contributed by atoms with van der Waals surface area (Å²) in [5.74, 6) is -0.0581. The number of ether oxygens (including phenoxy) is 2. The first-order valence-electron chi connectivity index (χ1n) is 9.20. The Morgan fingerprint density at radius 1 is 1.21 bits per heavy atom. The van der Waals surface area contributed by atoms with Crippen molar-refractivity contribution < 1.29 is 14.3 Å². The number of benzene rings is 2. The van der Waals surface area contributed by atoms with E-state index in [0.29, 0.717) is 13.2 Å². The molecule has 0 radical (unpaired) electrons. The molecule has 0 bridgehead atoms. The number of carbonyl (C=O) groups is 1. The summed E-state index contributed by atoms with van der Waals surface area (Å²) in [6, 6.07) is 16.2. The fourth-order valence-electron chi connectivity index (χ4n) is 3.22. The van der Waals surface area contributed by atoms with Gasteiger partial charge in [-0.05, 0) is 46.2 Å². The maximum Gasteiger partial charge on any atom is 0.246 e. The molecule has 3 aromatic rings. The number of hydrogen-bond donors (Lipinski definition) is 0. The van der Waals surface area contributed by atoms with Gasteiger partial charge in [0.1, 0.15) is 5.69 Å². The van der Waals surface area contributed by atoms with Gasteiger partial charge in [0.25, 0.3) is 0 Å². The van der Waals surface area contributed by atoms with Gasteiger partial charge in [-0.1, -0.05) is 30.3 Å². The molecule has 5 heteroatoms. The summed E-state index contributed by atoms with van der Waals surface area (Å²) >= 11 is 0. The molecule has 1 unspecified atom stereocenters. The number of carbonyl (C=O) groups excluding carboxylic acids is 1. The van der Waals surface area contributed by atoms with Crippen LogP contribution in [0.5, 0.6) is 0 Å². The van der Waals surface area contributed by atoms with E-state index in [1.807, 2.05) is 30.3 Å². The van der Waals surface area contributed by atoms with E-state index in [9.17, 15) is 4.79 Å². The van der Waals surface area contributed by atoms with Crippen molar-refractivity contribution in [2.45, 2.75) is 19.5 Å². The van der Waals surface area contributed by atoms with E-state index in [0.717, 1.165) is 33.2 Å². The van der Waals surface area contributed by atoms with Gasteiger partial charge in [-0.25, -0.2) is 0 Å². The third-order valence-electron chi connectivity index (χ3n) is 4.78. The van der Waals surface area contributed by atoms with Crippen LogP contribution >= 0.6 is 0 Å². The van der Waals surface area contributed by atoms with Crippen LogP contribution in [0.2, 0.25) is 0 Å². The Kier molecular flexibility index (Phi) is 5.19. The molecule has 0 aliphatic carbocycles. The summed E-state index contributed by atoms with van der Waals surface area (Å²) in [5, 5.41) is 2.25. The molecule has 1 atom stereocenters. The lowest BCUT2D eigenvalue weighted by atomic mass is 10.0. The average Bonchev–Trinajstić information content (AvgIpc) is 3.13. The van der Waals surface area contributed by atoms with Crippen LogP contribution in [0, 0.1) is 0 Å². The predicted octanol–water partition coefficient (Wildman–Crippen LogP) is 4.08. The smallest absolute Gasteiger partial charge is 0.246 e. The van der Waals surface area contributed by atoms with Crippen molar-refractivity contribution >= 4 is 22.8 Å². The van der Waals surface area contributed by atoms with Crippen molar-refractivity contribution in [3.05, 3.63) is 83.2 Å². The second kappa shape index (κ2) is 7.92. The minimum atomic E-state index is -0.470. The summed E-state index contributed by atoms with van der Waals surface area (Å²) in [4.78, 5) is 17.9. The first-order valence-corrected chi connectivity index (χ1v) is 9.20. The van der Waals surface area contributed by atoms with Gasteiger partial charge < -0.3 is 14.4 Å². The van der Waals surface area contributed by atoms with Crippen molar-refractivity contribution in [3.63, 3.8) is 0 Å². The van der Waals surface area contributed by atoms with Crippen LogP contribution < -0.4 is 0 Å². The summed E-state index contributed by atoms with van der Waals surface area (Å²) in [7, 11) is 3.47. The zero-order valence-electron chi connectivity index (χ0n) is 16.0. The number of aromatic nitrogens is 1. The van der Waals surface area contributed by atoms with Gasteiger partial charge >= 0.3 is 0 Å². The molecule has 2 aromatic carbocycles. The topological polar surface area (TPSA) is 51.7 Å². The van der Waals surface area contributed by atoms with Crippen LogP contribution in [0.25, 0.3) is 16.8 Å². The standard InChI is InChI=1S/C23H22N2O3/c1-25(2)21(26)10-9-18-12-16-6-3-4-7-17(16)13-20(18)15-28-23-22-19(14-27-23)8-5-11-24-22/h3-13,23H,14-15H2,1-2H3/b10-9+. The van der Waals surface area contributed by atoms with Crippen LogP contribution in [-0.2, 0) is 27.5 Å². The Morgan fingerprint density at radius 2 is 2.00 bits per heavy atom. The monoisotopic (exact) mass is 374 g/mol. The van der Waals surface area contributed by atoms with Crippen molar-refractivity contribution in [1.82, 2.24) is 9.88 Å². The molecular formula is C23H22N2O3. The van der Waals surface area contributed by atoms with E-state index in [1.165, 1.54) is 0 Å². The quantitative estimate of drug-likeness (QED) is 0.632. The van der Waals surface area contributed by atoms with Crippen LogP contribution in [0.4, 0.5) is 0 Å². The van der Waals surface area contributed by atoms with Crippen LogP contribution in [0.1, 0.15) is 28.7 Å². The molecule has 5 nitrogen and oxygen atoms in total. The number of rotatable bonds is 5. The van der Waals surface area contributed by atoms with Crippen LogP contribution in [0.3, 0.4) is 0 Å². The number of nitrogens with zero attached hydrogens (tertiary/aromatic N) is 2. The summed E-state index contributed by atoms with van der Waals surface area (Å²) in [6.45, 7) is 0.872. The number of pyridine rings is 1. The molecule has 0 saturated heterocycles. The summed E-state index contributed by atoms with van der Waals surface area (Å²) < 4.78 is 11.8. The Balaban J connectivity index is 1.61. The lowest BCUT2D eigenvalue weighted by molar-refractivity contribution is -0.147. The highest BCUT2D eigenvalue weighted by atomic mass is 16.7. The van der Waals surface area contributed by atoms with E-state index in [1.54, 1.807) is 31.3 Å². The van der Waals surface area contributed by atoms with Gasteiger partial charge in [0, 0.05) is 31.9 Å². The third-order valence-corrected chi connectivity index (χ3v) is 4.78. The fourth-order valence-corrected chi connectivity index (χ4v) is 3.22. The number of likely N-dealkylation sites (N-methyl/N-ethyl adjacent to an activating group) is 1. The molecule has 0 saturated carbocycles. The zero-order valence-corrected chi connectivity index (χ0v) is 16.0. The van der Waals surface area contributed by atoms with Gasteiger partial charge in [0.2, 0.25) is 12.2 Å². The minimum Gasteiger partial charge on any atom is -0.345 e. The Bertz CT molecular complexity index is 1040. The highest BCUT2D eigenvalue weighted by Crippen LogP contribution is 2.31. The largest absolute Gasteiger partial charge is 0.345 e. The highest BCUT2D eigenvalue weighted by Gasteiger charge is 2.25. The minimum absolute atomic E-state index is 0.0581. The first-order chi connectivity index (χ1) is 13.6. The normalized spacial score (nSPS) is 15.9. The predicted molar refractivity (Wildman–Crippen MR) is 108 cm³/mol. The zero-order chi connectivity index (χ0) is 19.5. The molecule has 1 aliphatic heterocycles. The van der Waals surface area contributed by atoms with Gasteiger partial charge in [0.15, 0.2) is 0 Å². The Hall–Kier alpha value is -3.02. The summed E-state index contributed by atoms with van der Waals surface area (Å²) in [6.07, 6.45) is 4.70. The molecule has 0 spiro atoms. The second-order valence-electron chi connectivity index (χ2n) is 6.97. The molecule has 0 N–H and O–H groups in total. The fraction of sp³-hybridized carbons (Fsp3) is 0.217. The SMILES string of the molecule is CN(C)C(=O)/C=C/c1cc2ccccc2cc1COC1OCc2cccnc21. The van der Waals surface area contributed by atoms with Crippen molar-refractivity contribution in [1.29, 1.82) is 0 Å². The van der Waals surface area contributed by atoms with Gasteiger partial charge in [-0.3, -0.25) is 9.78 Å². The molecule has 1 amide bonds. The number of amides is 1. The maximum absolute atomic E-state index is 12.0. The van der Waals surface area contributed by atoms with Gasteiger partial charge in [-0.15, -0.1) is 0 Å². The van der Waals surface area contributed by atoms with Crippen LogP contribution in [-0.4, -0.2) is 29.9 Å². The Morgan fingerprint density at radius 3 is 2.79 bits per heavy atom. The van der Waals surface area contributed by atoms with Crippen molar-refractivity contribution in [2.75, 3.05) is 14.1 Å². The molecule has 0 fully saturated rings. The van der Waals surface area contributed by atoms with E-state index in [-0.39, 0.29) is 5.91 Å². The number of hydrogen-bond acceptors (Lipinski definition) is 4. The summed E-state index contributed by atoms with van der Waals surface area (Å²) in [5.41, 5.74) is 3.84. The van der Waals surface area contributed by atoms with Gasteiger partial charge in [-0.2, -0.15) is 0 Å². The van der Waals surface area contributed by atoms with Crippen molar-refractivity contribution in [2.24, 2.45) is 0 Å². The second-order valence-corrected chi connectivity index (χ2v) is 6.97. The molecule has 4 rings (SSSR count). The lowest BCUT2D eigenvalue weighted by Gasteiger charge is -2.14. The van der Waals surface area contributed by atoms with E-state index in [2.05, 4.69) is 29.2 Å². The third kappa shape index (κ3) is 3.81.